The van der Waals surface area contributed by atoms with Gasteiger partial charge in [0.25, 0.3) is 0 Å². The van der Waals surface area contributed by atoms with Crippen molar-refractivity contribution in [3.05, 3.63) is 29.3 Å². The monoisotopic (exact) mass is 219 g/mol. The number of nitrogens with one attached hydrogen (secondary N) is 1. The van der Waals surface area contributed by atoms with Crippen molar-refractivity contribution in [1.82, 2.24) is 5.32 Å². The van der Waals surface area contributed by atoms with Crippen molar-refractivity contribution >= 4 is 0 Å². The molecule has 88 valence electrons. The van der Waals surface area contributed by atoms with Gasteiger partial charge >= 0.3 is 0 Å². The SMILES string of the molecule is CCC(CNC)Cc1ccc2c(c1)CCO2. The Labute approximate surface area is 98.0 Å². The van der Waals surface area contributed by atoms with Gasteiger partial charge in [-0.3, -0.25) is 0 Å². The predicted molar refractivity (Wildman–Crippen MR) is 67.1 cm³/mol. The zero-order valence-electron chi connectivity index (χ0n) is 10.3. The van der Waals surface area contributed by atoms with Gasteiger partial charge in [-0.1, -0.05) is 25.5 Å². The number of hydrogen-bond acceptors (Lipinski definition) is 2. The fraction of sp³-hybridized carbons (Fsp3) is 0.571. The van der Waals surface area contributed by atoms with E-state index in [1.165, 1.54) is 24.0 Å². The lowest BCUT2D eigenvalue weighted by Gasteiger charge is -2.14. The smallest absolute Gasteiger partial charge is 0.122 e. The van der Waals surface area contributed by atoms with E-state index in [1.807, 2.05) is 7.05 Å². The fourth-order valence-electron chi connectivity index (χ4n) is 2.35. The number of rotatable bonds is 5. The standard InChI is InChI=1S/C14H21NO/c1-3-11(10-15-2)8-12-4-5-14-13(9-12)6-7-16-14/h4-5,9,11,15H,3,6-8,10H2,1-2H3. The van der Waals surface area contributed by atoms with E-state index in [0.717, 1.165) is 31.2 Å². The average molecular weight is 219 g/mol. The van der Waals surface area contributed by atoms with Crippen LogP contribution in [0.25, 0.3) is 0 Å². The second-order valence-electron chi connectivity index (χ2n) is 4.58. The molecule has 0 radical (unpaired) electrons. The number of ether oxygens (including phenoxy) is 1. The third-order valence-electron chi connectivity index (χ3n) is 3.35. The summed E-state index contributed by atoms with van der Waals surface area (Å²) in [4.78, 5) is 0. The molecule has 0 saturated carbocycles. The largest absolute Gasteiger partial charge is 0.493 e. The first kappa shape index (κ1) is 11.5. The summed E-state index contributed by atoms with van der Waals surface area (Å²) in [5.41, 5.74) is 2.84. The van der Waals surface area contributed by atoms with E-state index in [9.17, 15) is 0 Å². The van der Waals surface area contributed by atoms with Crippen LogP contribution in [0.1, 0.15) is 24.5 Å². The minimum absolute atomic E-state index is 0.741. The summed E-state index contributed by atoms with van der Waals surface area (Å²) in [5.74, 6) is 1.83. The highest BCUT2D eigenvalue weighted by Crippen LogP contribution is 2.27. The van der Waals surface area contributed by atoms with Gasteiger partial charge in [0.05, 0.1) is 6.61 Å². The van der Waals surface area contributed by atoms with Gasteiger partial charge in [-0.2, -0.15) is 0 Å². The Morgan fingerprint density at radius 1 is 1.44 bits per heavy atom. The van der Waals surface area contributed by atoms with Crippen LogP contribution in [0.2, 0.25) is 0 Å². The van der Waals surface area contributed by atoms with E-state index in [2.05, 4.69) is 30.4 Å². The van der Waals surface area contributed by atoms with Crippen molar-refractivity contribution < 1.29 is 4.74 Å². The molecule has 1 atom stereocenters. The molecule has 0 aromatic heterocycles. The second-order valence-corrected chi connectivity index (χ2v) is 4.58. The second kappa shape index (κ2) is 5.35. The topological polar surface area (TPSA) is 21.3 Å². The minimum atomic E-state index is 0.741. The first-order chi connectivity index (χ1) is 7.83. The van der Waals surface area contributed by atoms with E-state index < -0.39 is 0 Å². The Hall–Kier alpha value is -1.02. The molecule has 1 aliphatic heterocycles. The van der Waals surface area contributed by atoms with Crippen LogP contribution >= 0.6 is 0 Å². The molecule has 16 heavy (non-hydrogen) atoms. The molecule has 0 fully saturated rings. The van der Waals surface area contributed by atoms with E-state index in [0.29, 0.717) is 0 Å². The molecule has 0 bridgehead atoms. The van der Waals surface area contributed by atoms with E-state index >= 15 is 0 Å². The summed E-state index contributed by atoms with van der Waals surface area (Å²) in [5, 5.41) is 3.27. The molecule has 2 rings (SSSR count). The van der Waals surface area contributed by atoms with Crippen LogP contribution in [0.5, 0.6) is 5.75 Å². The highest BCUT2D eigenvalue weighted by Gasteiger charge is 2.13. The lowest BCUT2D eigenvalue weighted by Crippen LogP contribution is -2.20. The van der Waals surface area contributed by atoms with Crippen molar-refractivity contribution in [1.29, 1.82) is 0 Å². The number of fused-ring (bicyclic) bond motifs is 1. The Balaban J connectivity index is 2.04. The molecular formula is C14H21NO. The van der Waals surface area contributed by atoms with Gasteiger partial charge in [-0.15, -0.1) is 0 Å². The maximum absolute atomic E-state index is 5.52. The first-order valence-corrected chi connectivity index (χ1v) is 6.22. The molecule has 1 unspecified atom stereocenters. The summed E-state index contributed by atoms with van der Waals surface area (Å²) in [7, 11) is 2.03. The third kappa shape index (κ3) is 2.56. The third-order valence-corrected chi connectivity index (χ3v) is 3.35. The maximum Gasteiger partial charge on any atom is 0.122 e. The lowest BCUT2D eigenvalue weighted by molar-refractivity contribution is 0.356. The predicted octanol–water partition coefficient (Wildman–Crippen LogP) is 2.41. The van der Waals surface area contributed by atoms with Crippen LogP contribution in [0, 0.1) is 5.92 Å². The van der Waals surface area contributed by atoms with Crippen molar-refractivity contribution in [3.8, 4) is 5.75 Å². The summed E-state index contributed by atoms with van der Waals surface area (Å²) >= 11 is 0. The Bertz CT molecular complexity index is 349. The van der Waals surface area contributed by atoms with Crippen molar-refractivity contribution in [2.75, 3.05) is 20.2 Å². The Morgan fingerprint density at radius 3 is 3.06 bits per heavy atom. The normalized spacial score (nSPS) is 15.6. The van der Waals surface area contributed by atoms with Crippen LogP contribution in [0.15, 0.2) is 18.2 Å². The van der Waals surface area contributed by atoms with Crippen LogP contribution in [-0.4, -0.2) is 20.2 Å². The van der Waals surface area contributed by atoms with Gasteiger partial charge in [0, 0.05) is 6.42 Å². The molecule has 1 aromatic carbocycles. The quantitative estimate of drug-likeness (QED) is 0.821. The lowest BCUT2D eigenvalue weighted by atomic mass is 9.95. The summed E-state index contributed by atoms with van der Waals surface area (Å²) < 4.78 is 5.52. The molecule has 0 saturated heterocycles. The van der Waals surface area contributed by atoms with Crippen molar-refractivity contribution in [3.63, 3.8) is 0 Å². The molecule has 1 heterocycles. The summed E-state index contributed by atoms with van der Waals surface area (Å²) in [6.07, 6.45) is 3.48. The van der Waals surface area contributed by atoms with Crippen molar-refractivity contribution in [2.45, 2.75) is 26.2 Å². The van der Waals surface area contributed by atoms with E-state index in [-0.39, 0.29) is 0 Å². The van der Waals surface area contributed by atoms with Crippen LogP contribution in [0.3, 0.4) is 0 Å². The first-order valence-electron chi connectivity index (χ1n) is 6.22. The zero-order valence-corrected chi connectivity index (χ0v) is 10.3. The average Bonchev–Trinajstić information content (AvgIpc) is 2.75. The van der Waals surface area contributed by atoms with E-state index in [4.69, 9.17) is 4.74 Å². The van der Waals surface area contributed by atoms with Crippen LogP contribution in [0.4, 0.5) is 0 Å². The van der Waals surface area contributed by atoms with Gasteiger partial charge < -0.3 is 10.1 Å². The van der Waals surface area contributed by atoms with E-state index in [1.54, 1.807) is 0 Å². The van der Waals surface area contributed by atoms with Gasteiger partial charge in [0.15, 0.2) is 0 Å². The molecule has 0 spiro atoms. The zero-order chi connectivity index (χ0) is 11.4. The Kier molecular flexibility index (Phi) is 3.83. The fourth-order valence-corrected chi connectivity index (χ4v) is 2.35. The summed E-state index contributed by atoms with van der Waals surface area (Å²) in [6.45, 7) is 4.22. The van der Waals surface area contributed by atoms with Gasteiger partial charge in [0.2, 0.25) is 0 Å². The van der Waals surface area contributed by atoms with Crippen molar-refractivity contribution in [2.24, 2.45) is 5.92 Å². The maximum atomic E-state index is 5.52. The molecule has 1 aromatic rings. The minimum Gasteiger partial charge on any atom is -0.493 e. The van der Waals surface area contributed by atoms with Crippen LogP contribution in [-0.2, 0) is 12.8 Å². The summed E-state index contributed by atoms with van der Waals surface area (Å²) in [6, 6.07) is 6.66. The molecule has 0 aliphatic carbocycles. The molecule has 2 heteroatoms. The highest BCUT2D eigenvalue weighted by atomic mass is 16.5. The number of hydrogen-bond donors (Lipinski definition) is 1. The molecule has 0 amide bonds. The highest BCUT2D eigenvalue weighted by molar-refractivity contribution is 5.39. The van der Waals surface area contributed by atoms with Gasteiger partial charge in [-0.25, -0.2) is 0 Å². The van der Waals surface area contributed by atoms with Gasteiger partial charge in [0.1, 0.15) is 5.75 Å². The number of benzene rings is 1. The van der Waals surface area contributed by atoms with Gasteiger partial charge in [-0.05, 0) is 43.1 Å². The molecule has 1 N–H and O–H groups in total. The Morgan fingerprint density at radius 2 is 2.31 bits per heavy atom. The molecular weight excluding hydrogens is 198 g/mol. The molecule has 2 nitrogen and oxygen atoms in total. The molecule has 1 aliphatic rings. The van der Waals surface area contributed by atoms with Crippen LogP contribution < -0.4 is 10.1 Å².